The van der Waals surface area contributed by atoms with Crippen LogP contribution in [0.5, 0.6) is 12.0 Å². The molecular weight excluding hydrogens is 246 g/mol. The van der Waals surface area contributed by atoms with E-state index < -0.39 is 0 Å². The normalized spacial score (nSPS) is 15.2. The van der Waals surface area contributed by atoms with Crippen molar-refractivity contribution in [2.45, 2.75) is 45.6 Å². The van der Waals surface area contributed by atoms with E-state index in [-0.39, 0.29) is 24.1 Å². The van der Waals surface area contributed by atoms with Crippen LogP contribution in [0.3, 0.4) is 0 Å². The fraction of sp³-hybridized carbons (Fsp3) is 0.750. The minimum atomic E-state index is -0.0177. The lowest BCUT2D eigenvalue weighted by molar-refractivity contribution is 0.197. The van der Waals surface area contributed by atoms with Crippen LogP contribution < -0.4 is 20.7 Å². The van der Waals surface area contributed by atoms with Crippen LogP contribution in [0.2, 0.25) is 0 Å². The number of rotatable bonds is 7. The molecule has 1 saturated carbocycles. The van der Waals surface area contributed by atoms with Crippen LogP contribution in [0, 0.1) is 5.92 Å². The van der Waals surface area contributed by atoms with Gasteiger partial charge in [-0.3, -0.25) is 5.43 Å². The van der Waals surface area contributed by atoms with Crippen LogP contribution in [0.4, 0.5) is 5.95 Å². The Bertz CT molecular complexity index is 409. The van der Waals surface area contributed by atoms with Crippen LogP contribution in [-0.4, -0.2) is 27.7 Å². The summed E-state index contributed by atoms with van der Waals surface area (Å²) in [5.74, 6) is 6.34. The van der Waals surface area contributed by atoms with E-state index in [4.69, 9.17) is 15.3 Å². The van der Waals surface area contributed by atoms with Gasteiger partial charge in [-0.1, -0.05) is 19.3 Å². The van der Waals surface area contributed by atoms with Gasteiger partial charge in [0.15, 0.2) is 0 Å². The SMILES string of the molecule is CC(C)Oc1nc(NN)nc(OCCC2CCC2)n1. The summed E-state index contributed by atoms with van der Waals surface area (Å²) >= 11 is 0. The van der Waals surface area contributed by atoms with Gasteiger partial charge in [0.05, 0.1) is 12.7 Å². The molecule has 2 rings (SSSR count). The van der Waals surface area contributed by atoms with Gasteiger partial charge in [0.25, 0.3) is 0 Å². The summed E-state index contributed by atoms with van der Waals surface area (Å²) in [4.78, 5) is 12.1. The van der Waals surface area contributed by atoms with Crippen molar-refractivity contribution in [1.82, 2.24) is 15.0 Å². The minimum absolute atomic E-state index is 0.0177. The summed E-state index contributed by atoms with van der Waals surface area (Å²) in [7, 11) is 0. The third-order valence-electron chi connectivity index (χ3n) is 3.05. The first-order valence-electron chi connectivity index (χ1n) is 6.69. The molecule has 1 heterocycles. The maximum atomic E-state index is 5.54. The Morgan fingerprint density at radius 3 is 2.58 bits per heavy atom. The van der Waals surface area contributed by atoms with E-state index in [1.165, 1.54) is 19.3 Å². The third kappa shape index (κ3) is 4.20. The molecule has 0 radical (unpaired) electrons. The second kappa shape index (κ2) is 6.51. The highest BCUT2D eigenvalue weighted by molar-refractivity contribution is 5.25. The molecule has 3 N–H and O–H groups in total. The Morgan fingerprint density at radius 1 is 1.26 bits per heavy atom. The second-order valence-electron chi connectivity index (χ2n) is 4.97. The number of nitrogens with two attached hydrogens (primary N) is 1. The lowest BCUT2D eigenvalue weighted by Crippen LogP contribution is -2.17. The van der Waals surface area contributed by atoms with E-state index in [1.54, 1.807) is 0 Å². The summed E-state index contributed by atoms with van der Waals surface area (Å²) in [5, 5.41) is 0. The molecule has 106 valence electrons. The van der Waals surface area contributed by atoms with Crippen molar-refractivity contribution in [1.29, 1.82) is 0 Å². The van der Waals surface area contributed by atoms with Crippen molar-refractivity contribution in [3.05, 3.63) is 0 Å². The molecule has 0 aromatic carbocycles. The molecule has 0 spiro atoms. The van der Waals surface area contributed by atoms with Gasteiger partial charge in [-0.15, -0.1) is 4.98 Å². The van der Waals surface area contributed by atoms with Gasteiger partial charge < -0.3 is 9.47 Å². The van der Waals surface area contributed by atoms with Gasteiger partial charge in [-0.25, -0.2) is 5.84 Å². The zero-order chi connectivity index (χ0) is 13.7. The Labute approximate surface area is 112 Å². The van der Waals surface area contributed by atoms with Gasteiger partial charge in [-0.2, -0.15) is 9.97 Å². The van der Waals surface area contributed by atoms with E-state index in [1.807, 2.05) is 13.8 Å². The molecule has 1 fully saturated rings. The van der Waals surface area contributed by atoms with Crippen LogP contribution in [-0.2, 0) is 0 Å². The van der Waals surface area contributed by atoms with Crippen molar-refractivity contribution >= 4 is 5.95 Å². The van der Waals surface area contributed by atoms with E-state index in [0.717, 1.165) is 12.3 Å². The van der Waals surface area contributed by atoms with Crippen molar-refractivity contribution in [3.63, 3.8) is 0 Å². The van der Waals surface area contributed by atoms with Crippen LogP contribution in [0.25, 0.3) is 0 Å². The van der Waals surface area contributed by atoms with Gasteiger partial charge in [0.1, 0.15) is 0 Å². The molecule has 1 aromatic heterocycles. The number of aromatic nitrogens is 3. The first-order chi connectivity index (χ1) is 9.17. The van der Waals surface area contributed by atoms with Crippen molar-refractivity contribution in [2.24, 2.45) is 11.8 Å². The van der Waals surface area contributed by atoms with Crippen LogP contribution in [0.15, 0.2) is 0 Å². The summed E-state index contributed by atoms with van der Waals surface area (Å²) in [6.45, 7) is 4.41. The quantitative estimate of drug-likeness (QED) is 0.571. The molecular formula is C12H21N5O2. The standard InChI is InChI=1S/C12H21N5O2/c1-8(2)19-12-15-10(17-13)14-11(16-12)18-7-6-9-4-3-5-9/h8-9H,3-7,13H2,1-2H3,(H,14,15,16,17). The molecule has 7 heteroatoms. The largest absolute Gasteiger partial charge is 0.463 e. The highest BCUT2D eigenvalue weighted by Crippen LogP contribution is 2.29. The van der Waals surface area contributed by atoms with Gasteiger partial charge in [0, 0.05) is 0 Å². The van der Waals surface area contributed by atoms with E-state index in [2.05, 4.69) is 20.4 Å². The fourth-order valence-electron chi connectivity index (χ4n) is 1.83. The highest BCUT2D eigenvalue weighted by atomic mass is 16.5. The topological polar surface area (TPSA) is 95.2 Å². The molecule has 19 heavy (non-hydrogen) atoms. The van der Waals surface area contributed by atoms with E-state index >= 15 is 0 Å². The van der Waals surface area contributed by atoms with Crippen molar-refractivity contribution < 1.29 is 9.47 Å². The third-order valence-corrected chi connectivity index (χ3v) is 3.05. The van der Waals surface area contributed by atoms with Crippen molar-refractivity contribution in [2.75, 3.05) is 12.0 Å². The number of hydrazine groups is 1. The Balaban J connectivity index is 1.92. The smallest absolute Gasteiger partial charge is 0.324 e. The Morgan fingerprint density at radius 2 is 2.00 bits per heavy atom. The molecule has 0 bridgehead atoms. The second-order valence-corrected chi connectivity index (χ2v) is 4.97. The molecule has 7 nitrogen and oxygen atoms in total. The van der Waals surface area contributed by atoms with Gasteiger partial charge in [-0.05, 0) is 26.2 Å². The molecule has 0 atom stereocenters. The number of hydrogen-bond acceptors (Lipinski definition) is 7. The van der Waals surface area contributed by atoms with Crippen LogP contribution >= 0.6 is 0 Å². The average molecular weight is 267 g/mol. The lowest BCUT2D eigenvalue weighted by Gasteiger charge is -2.24. The molecule has 1 aliphatic carbocycles. The number of hydrogen-bond donors (Lipinski definition) is 2. The molecule has 0 amide bonds. The number of nitrogens with zero attached hydrogens (tertiary/aromatic N) is 3. The minimum Gasteiger partial charge on any atom is -0.463 e. The predicted molar refractivity (Wildman–Crippen MR) is 70.9 cm³/mol. The first kappa shape index (κ1) is 13.8. The number of nitrogen functional groups attached to an aromatic ring is 1. The zero-order valence-corrected chi connectivity index (χ0v) is 11.4. The Hall–Kier alpha value is -1.63. The molecule has 0 aliphatic heterocycles. The highest BCUT2D eigenvalue weighted by Gasteiger charge is 2.17. The first-order valence-corrected chi connectivity index (χ1v) is 6.69. The summed E-state index contributed by atoms with van der Waals surface area (Å²) < 4.78 is 11.0. The monoisotopic (exact) mass is 267 g/mol. The summed E-state index contributed by atoms with van der Waals surface area (Å²) in [5.41, 5.74) is 2.38. The maximum Gasteiger partial charge on any atom is 0.324 e. The van der Waals surface area contributed by atoms with Gasteiger partial charge in [0.2, 0.25) is 5.95 Å². The van der Waals surface area contributed by atoms with E-state index in [0.29, 0.717) is 6.61 Å². The maximum absolute atomic E-state index is 5.54. The van der Waals surface area contributed by atoms with E-state index in [9.17, 15) is 0 Å². The number of ether oxygens (including phenoxy) is 2. The predicted octanol–water partition coefficient (Wildman–Crippen LogP) is 1.51. The molecule has 1 aliphatic rings. The number of nitrogens with one attached hydrogen (secondary N) is 1. The van der Waals surface area contributed by atoms with Gasteiger partial charge >= 0.3 is 12.0 Å². The number of anilines is 1. The molecule has 0 unspecified atom stereocenters. The van der Waals surface area contributed by atoms with Crippen molar-refractivity contribution in [3.8, 4) is 12.0 Å². The molecule has 1 aromatic rings. The van der Waals surface area contributed by atoms with Crippen LogP contribution in [0.1, 0.15) is 39.5 Å². The summed E-state index contributed by atoms with van der Waals surface area (Å²) in [6, 6.07) is 0.467. The Kier molecular flexibility index (Phi) is 4.73. The summed E-state index contributed by atoms with van der Waals surface area (Å²) in [6.07, 6.45) is 4.97. The zero-order valence-electron chi connectivity index (χ0n) is 11.4. The molecule has 0 saturated heterocycles. The lowest BCUT2D eigenvalue weighted by atomic mass is 9.83. The average Bonchev–Trinajstić information content (AvgIpc) is 2.31. The fourth-order valence-corrected chi connectivity index (χ4v) is 1.83.